The molecule has 3 aromatic rings. The average Bonchev–Trinajstić information content (AvgIpc) is 2.68. The highest BCUT2D eigenvalue weighted by molar-refractivity contribution is 5.70. The Bertz CT molecular complexity index is 712. The number of nitrogen functional groups attached to an aromatic ring is 2. The zero-order valence-corrected chi connectivity index (χ0v) is 9.96. The van der Waals surface area contributed by atoms with Gasteiger partial charge < -0.3 is 11.5 Å². The number of pyridine rings is 1. The lowest BCUT2D eigenvalue weighted by Crippen LogP contribution is -1.93. The fourth-order valence-corrected chi connectivity index (χ4v) is 2.01. The summed E-state index contributed by atoms with van der Waals surface area (Å²) >= 11 is 0. The minimum absolute atomic E-state index is 0.281. The first-order chi connectivity index (χ1) is 8.63. The van der Waals surface area contributed by atoms with E-state index in [0.29, 0.717) is 0 Å². The number of fused-ring (bicyclic) bond motifs is 1. The molecule has 0 fully saturated rings. The van der Waals surface area contributed by atoms with E-state index in [1.54, 1.807) is 4.52 Å². The molecule has 0 bridgehead atoms. The van der Waals surface area contributed by atoms with E-state index in [0.717, 1.165) is 28.0 Å². The number of nitrogens with two attached hydrogens (primary N) is 2. The van der Waals surface area contributed by atoms with Crippen LogP contribution in [0.3, 0.4) is 0 Å². The van der Waals surface area contributed by atoms with Gasteiger partial charge >= 0.3 is 0 Å². The van der Waals surface area contributed by atoms with E-state index >= 15 is 0 Å². The van der Waals surface area contributed by atoms with Gasteiger partial charge in [-0.3, -0.25) is 0 Å². The second kappa shape index (κ2) is 3.73. The number of anilines is 2. The lowest BCUT2D eigenvalue weighted by Gasteiger charge is -2.06. The minimum Gasteiger partial charge on any atom is -0.399 e. The van der Waals surface area contributed by atoms with Gasteiger partial charge in [0, 0.05) is 17.4 Å². The molecule has 0 saturated carbocycles. The SMILES string of the molecule is Cc1cc2nc(N)nn2cc1-c1ccc(N)cc1. The number of hydrogen-bond donors (Lipinski definition) is 2. The van der Waals surface area contributed by atoms with Crippen molar-refractivity contribution in [3.8, 4) is 11.1 Å². The van der Waals surface area contributed by atoms with Gasteiger partial charge in [0.15, 0.2) is 5.65 Å². The fourth-order valence-electron chi connectivity index (χ4n) is 2.01. The molecule has 0 atom stereocenters. The van der Waals surface area contributed by atoms with Crippen molar-refractivity contribution in [1.82, 2.24) is 14.6 Å². The maximum absolute atomic E-state index is 5.69. The molecule has 0 amide bonds. The molecule has 4 N–H and O–H groups in total. The summed E-state index contributed by atoms with van der Waals surface area (Å²) in [7, 11) is 0. The molecule has 3 rings (SSSR count). The van der Waals surface area contributed by atoms with Crippen molar-refractivity contribution in [2.45, 2.75) is 6.92 Å². The van der Waals surface area contributed by atoms with Gasteiger partial charge in [-0.2, -0.15) is 4.98 Å². The Morgan fingerprint density at radius 1 is 1.11 bits per heavy atom. The summed E-state index contributed by atoms with van der Waals surface area (Å²) in [6, 6.07) is 9.71. The summed E-state index contributed by atoms with van der Waals surface area (Å²) in [6.45, 7) is 2.04. The van der Waals surface area contributed by atoms with E-state index in [1.807, 2.05) is 43.5 Å². The predicted molar refractivity (Wildman–Crippen MR) is 72.0 cm³/mol. The smallest absolute Gasteiger partial charge is 0.240 e. The van der Waals surface area contributed by atoms with Crippen LogP contribution in [-0.4, -0.2) is 14.6 Å². The van der Waals surface area contributed by atoms with E-state index in [-0.39, 0.29) is 5.95 Å². The summed E-state index contributed by atoms with van der Waals surface area (Å²) < 4.78 is 1.69. The van der Waals surface area contributed by atoms with Crippen LogP contribution < -0.4 is 11.5 Å². The van der Waals surface area contributed by atoms with E-state index in [1.165, 1.54) is 0 Å². The summed E-state index contributed by atoms with van der Waals surface area (Å²) in [6.07, 6.45) is 1.93. The van der Waals surface area contributed by atoms with Crippen LogP contribution in [0.5, 0.6) is 0 Å². The van der Waals surface area contributed by atoms with Gasteiger partial charge in [-0.05, 0) is 36.2 Å². The Labute approximate surface area is 104 Å². The Morgan fingerprint density at radius 3 is 2.56 bits per heavy atom. The van der Waals surface area contributed by atoms with Crippen LogP contribution in [0.15, 0.2) is 36.5 Å². The minimum atomic E-state index is 0.281. The Balaban J connectivity index is 2.21. The largest absolute Gasteiger partial charge is 0.399 e. The number of benzene rings is 1. The molecule has 90 valence electrons. The molecular weight excluding hydrogens is 226 g/mol. The van der Waals surface area contributed by atoms with Gasteiger partial charge in [-0.25, -0.2) is 4.52 Å². The second-order valence-electron chi connectivity index (χ2n) is 4.26. The standard InChI is InChI=1S/C13H13N5/c1-8-6-12-16-13(15)17-18(12)7-11(8)9-2-4-10(14)5-3-9/h2-7H,14H2,1H3,(H2,15,17). The van der Waals surface area contributed by atoms with Gasteiger partial charge in [0.25, 0.3) is 0 Å². The van der Waals surface area contributed by atoms with E-state index < -0.39 is 0 Å². The summed E-state index contributed by atoms with van der Waals surface area (Å²) in [5.74, 6) is 0.281. The lowest BCUT2D eigenvalue weighted by atomic mass is 10.0. The van der Waals surface area contributed by atoms with Crippen LogP contribution in [0, 0.1) is 6.92 Å². The van der Waals surface area contributed by atoms with Crippen molar-refractivity contribution in [2.24, 2.45) is 0 Å². The van der Waals surface area contributed by atoms with E-state index in [4.69, 9.17) is 11.5 Å². The maximum atomic E-state index is 5.69. The molecule has 18 heavy (non-hydrogen) atoms. The second-order valence-corrected chi connectivity index (χ2v) is 4.26. The maximum Gasteiger partial charge on any atom is 0.240 e. The topological polar surface area (TPSA) is 82.2 Å². The number of aromatic nitrogens is 3. The van der Waals surface area contributed by atoms with Crippen molar-refractivity contribution < 1.29 is 0 Å². The molecule has 0 spiro atoms. The van der Waals surface area contributed by atoms with Gasteiger partial charge in [-0.15, -0.1) is 5.10 Å². The van der Waals surface area contributed by atoms with E-state index in [9.17, 15) is 0 Å². The molecule has 5 nitrogen and oxygen atoms in total. The van der Waals surface area contributed by atoms with Crippen molar-refractivity contribution in [3.63, 3.8) is 0 Å². The van der Waals surface area contributed by atoms with Crippen LogP contribution in [0.4, 0.5) is 11.6 Å². The first-order valence-electron chi connectivity index (χ1n) is 5.62. The monoisotopic (exact) mass is 239 g/mol. The number of aryl methyl sites for hydroxylation is 1. The molecular formula is C13H13N5. The summed E-state index contributed by atoms with van der Waals surface area (Å²) in [4.78, 5) is 4.13. The lowest BCUT2D eigenvalue weighted by molar-refractivity contribution is 0.966. The van der Waals surface area contributed by atoms with Crippen LogP contribution in [-0.2, 0) is 0 Å². The molecule has 0 aliphatic carbocycles. The van der Waals surface area contributed by atoms with Crippen LogP contribution in [0.25, 0.3) is 16.8 Å². The van der Waals surface area contributed by atoms with Crippen LogP contribution in [0.1, 0.15) is 5.56 Å². The normalized spacial score (nSPS) is 10.9. The van der Waals surface area contributed by atoms with Gasteiger partial charge in [-0.1, -0.05) is 12.1 Å². The van der Waals surface area contributed by atoms with Gasteiger partial charge in [0.05, 0.1) is 0 Å². The van der Waals surface area contributed by atoms with Crippen molar-refractivity contribution in [2.75, 3.05) is 11.5 Å². The third kappa shape index (κ3) is 1.66. The molecule has 2 aromatic heterocycles. The third-order valence-corrected chi connectivity index (χ3v) is 2.92. The van der Waals surface area contributed by atoms with Crippen molar-refractivity contribution in [3.05, 3.63) is 42.1 Å². The van der Waals surface area contributed by atoms with Crippen LogP contribution >= 0.6 is 0 Å². The molecule has 0 radical (unpaired) electrons. The van der Waals surface area contributed by atoms with Crippen LogP contribution in [0.2, 0.25) is 0 Å². The Kier molecular flexibility index (Phi) is 2.19. The Hall–Kier alpha value is -2.56. The number of rotatable bonds is 1. The van der Waals surface area contributed by atoms with Gasteiger partial charge in [0.2, 0.25) is 5.95 Å². The zero-order chi connectivity index (χ0) is 12.7. The first kappa shape index (κ1) is 10.6. The Morgan fingerprint density at radius 2 is 1.83 bits per heavy atom. The van der Waals surface area contributed by atoms with Crippen molar-refractivity contribution >= 4 is 17.3 Å². The molecule has 0 aliphatic heterocycles. The molecule has 5 heteroatoms. The molecule has 0 saturated heterocycles. The number of nitrogens with zero attached hydrogens (tertiary/aromatic N) is 3. The highest BCUT2D eigenvalue weighted by Crippen LogP contribution is 2.25. The quantitative estimate of drug-likeness (QED) is 0.635. The average molecular weight is 239 g/mol. The first-order valence-corrected chi connectivity index (χ1v) is 5.62. The fraction of sp³-hybridized carbons (Fsp3) is 0.0769. The number of hydrogen-bond acceptors (Lipinski definition) is 4. The molecule has 1 aromatic carbocycles. The van der Waals surface area contributed by atoms with E-state index in [2.05, 4.69) is 10.1 Å². The summed E-state index contributed by atoms with van der Waals surface area (Å²) in [5.41, 5.74) is 16.1. The van der Waals surface area contributed by atoms with Crippen molar-refractivity contribution in [1.29, 1.82) is 0 Å². The zero-order valence-electron chi connectivity index (χ0n) is 9.96. The van der Waals surface area contributed by atoms with Gasteiger partial charge in [0.1, 0.15) is 0 Å². The summed E-state index contributed by atoms with van der Waals surface area (Å²) in [5, 5.41) is 4.12. The third-order valence-electron chi connectivity index (χ3n) is 2.92. The predicted octanol–water partition coefficient (Wildman–Crippen LogP) is 1.87. The highest BCUT2D eigenvalue weighted by atomic mass is 15.3. The molecule has 0 aliphatic rings. The highest BCUT2D eigenvalue weighted by Gasteiger charge is 2.07. The molecule has 0 unspecified atom stereocenters. The molecule has 2 heterocycles.